The van der Waals surface area contributed by atoms with Crippen molar-refractivity contribution >= 4 is 0 Å². The van der Waals surface area contributed by atoms with E-state index in [0.717, 1.165) is 51.9 Å². The molecule has 1 aliphatic rings. The van der Waals surface area contributed by atoms with Crippen LogP contribution >= 0.6 is 0 Å². The van der Waals surface area contributed by atoms with E-state index in [9.17, 15) is 5.11 Å². The van der Waals surface area contributed by atoms with Crippen LogP contribution in [0.25, 0.3) is 0 Å². The molecule has 1 rings (SSSR count). The molecular formula is C12H25NO2. The highest BCUT2D eigenvalue weighted by Crippen LogP contribution is 2.10. The van der Waals surface area contributed by atoms with E-state index in [1.165, 1.54) is 0 Å². The number of hydrogen-bond acceptors (Lipinski definition) is 3. The quantitative estimate of drug-likeness (QED) is 0.731. The molecule has 1 aliphatic heterocycles. The highest BCUT2D eigenvalue weighted by molar-refractivity contribution is 4.70. The first kappa shape index (κ1) is 12.9. The van der Waals surface area contributed by atoms with Crippen LogP contribution in [-0.4, -0.2) is 48.5 Å². The van der Waals surface area contributed by atoms with Crippen molar-refractivity contribution in [1.29, 1.82) is 0 Å². The first-order valence-electron chi connectivity index (χ1n) is 6.28. The molecule has 0 radical (unpaired) electrons. The van der Waals surface area contributed by atoms with Crippen LogP contribution in [0.3, 0.4) is 0 Å². The van der Waals surface area contributed by atoms with E-state index in [-0.39, 0.29) is 6.10 Å². The third-order valence-electron chi connectivity index (χ3n) is 3.16. The van der Waals surface area contributed by atoms with Crippen molar-refractivity contribution in [1.82, 2.24) is 4.90 Å². The van der Waals surface area contributed by atoms with Crippen molar-refractivity contribution in [3.8, 4) is 0 Å². The molecule has 1 fully saturated rings. The zero-order chi connectivity index (χ0) is 11.1. The lowest BCUT2D eigenvalue weighted by molar-refractivity contribution is -0.0306. The van der Waals surface area contributed by atoms with E-state index >= 15 is 0 Å². The topological polar surface area (TPSA) is 32.7 Å². The van der Waals surface area contributed by atoms with Crippen LogP contribution in [0.4, 0.5) is 0 Å². The molecule has 1 N–H and O–H groups in total. The van der Waals surface area contributed by atoms with Gasteiger partial charge in [0.05, 0.1) is 18.8 Å². The maximum atomic E-state index is 9.44. The van der Waals surface area contributed by atoms with Crippen LogP contribution in [0.1, 0.15) is 39.5 Å². The second-order valence-electron chi connectivity index (χ2n) is 4.41. The fourth-order valence-electron chi connectivity index (χ4n) is 1.99. The van der Waals surface area contributed by atoms with Crippen LogP contribution in [0.5, 0.6) is 0 Å². The predicted molar refractivity (Wildman–Crippen MR) is 62.0 cm³/mol. The lowest BCUT2D eigenvalue weighted by Gasteiger charge is -2.32. The van der Waals surface area contributed by atoms with Crippen molar-refractivity contribution in [3.05, 3.63) is 0 Å². The Hall–Kier alpha value is -0.120. The monoisotopic (exact) mass is 215 g/mol. The van der Waals surface area contributed by atoms with Gasteiger partial charge in [0.25, 0.3) is 0 Å². The predicted octanol–water partition coefficient (Wildman–Crippen LogP) is 1.65. The molecule has 0 aliphatic carbocycles. The van der Waals surface area contributed by atoms with Crippen molar-refractivity contribution in [2.75, 3.05) is 26.2 Å². The highest BCUT2D eigenvalue weighted by Gasteiger charge is 2.18. The number of aliphatic hydroxyl groups is 1. The second-order valence-corrected chi connectivity index (χ2v) is 4.41. The van der Waals surface area contributed by atoms with E-state index < -0.39 is 0 Å². The molecule has 15 heavy (non-hydrogen) atoms. The number of morpholine rings is 1. The fourth-order valence-corrected chi connectivity index (χ4v) is 1.99. The minimum absolute atomic E-state index is 0.104. The van der Waals surface area contributed by atoms with Gasteiger partial charge in [0.2, 0.25) is 0 Å². The molecule has 0 aromatic rings. The number of rotatable bonds is 6. The van der Waals surface area contributed by atoms with Gasteiger partial charge in [-0.2, -0.15) is 0 Å². The summed E-state index contributed by atoms with van der Waals surface area (Å²) >= 11 is 0. The second kappa shape index (κ2) is 7.20. The molecule has 2 atom stereocenters. The van der Waals surface area contributed by atoms with Crippen LogP contribution in [0, 0.1) is 0 Å². The van der Waals surface area contributed by atoms with Crippen LogP contribution in [0.15, 0.2) is 0 Å². The van der Waals surface area contributed by atoms with Crippen molar-refractivity contribution in [2.45, 2.75) is 51.7 Å². The van der Waals surface area contributed by atoms with E-state index in [1.54, 1.807) is 0 Å². The molecule has 0 bridgehead atoms. The fraction of sp³-hybridized carbons (Fsp3) is 1.00. The van der Waals surface area contributed by atoms with Gasteiger partial charge in [0, 0.05) is 13.1 Å². The Morgan fingerprint density at radius 2 is 2.27 bits per heavy atom. The van der Waals surface area contributed by atoms with Crippen molar-refractivity contribution < 1.29 is 9.84 Å². The number of hydrogen-bond donors (Lipinski definition) is 1. The highest BCUT2D eigenvalue weighted by atomic mass is 16.5. The number of ether oxygens (including phenoxy) is 1. The van der Waals surface area contributed by atoms with Crippen molar-refractivity contribution in [2.24, 2.45) is 0 Å². The van der Waals surface area contributed by atoms with Gasteiger partial charge in [-0.3, -0.25) is 4.90 Å². The van der Waals surface area contributed by atoms with Gasteiger partial charge in [-0.05, 0) is 32.2 Å². The summed E-state index contributed by atoms with van der Waals surface area (Å²) in [4.78, 5) is 2.46. The summed E-state index contributed by atoms with van der Waals surface area (Å²) in [6.45, 7) is 8.31. The zero-order valence-corrected chi connectivity index (χ0v) is 10.1. The van der Waals surface area contributed by atoms with Gasteiger partial charge in [-0.15, -0.1) is 0 Å². The van der Waals surface area contributed by atoms with Crippen LogP contribution in [0.2, 0.25) is 0 Å². The Morgan fingerprint density at radius 3 is 2.93 bits per heavy atom. The summed E-state index contributed by atoms with van der Waals surface area (Å²) in [7, 11) is 0. The first-order valence-corrected chi connectivity index (χ1v) is 6.28. The maximum Gasteiger partial charge on any atom is 0.0700 e. The molecule has 0 saturated carbocycles. The van der Waals surface area contributed by atoms with Gasteiger partial charge < -0.3 is 9.84 Å². The summed E-state index contributed by atoms with van der Waals surface area (Å²) in [5.41, 5.74) is 0. The van der Waals surface area contributed by atoms with Crippen LogP contribution < -0.4 is 0 Å². The van der Waals surface area contributed by atoms with Gasteiger partial charge in [0.1, 0.15) is 0 Å². The minimum Gasteiger partial charge on any atom is -0.393 e. The summed E-state index contributed by atoms with van der Waals surface area (Å²) in [6.07, 6.45) is 4.34. The Morgan fingerprint density at radius 1 is 1.47 bits per heavy atom. The van der Waals surface area contributed by atoms with Gasteiger partial charge in [-0.25, -0.2) is 0 Å². The lowest BCUT2D eigenvalue weighted by Crippen LogP contribution is -2.42. The Balaban J connectivity index is 2.10. The molecule has 2 unspecified atom stereocenters. The largest absolute Gasteiger partial charge is 0.393 e. The summed E-state index contributed by atoms with van der Waals surface area (Å²) < 4.78 is 5.61. The Bertz CT molecular complexity index is 164. The number of nitrogens with zero attached hydrogens (tertiary/aromatic N) is 1. The smallest absolute Gasteiger partial charge is 0.0700 e. The molecule has 0 spiro atoms. The summed E-state index contributed by atoms with van der Waals surface area (Å²) in [5.74, 6) is 0. The third-order valence-corrected chi connectivity index (χ3v) is 3.16. The standard InChI is InChI=1S/C12H25NO2/c1-3-11(14)6-5-7-13-8-9-15-12(4-2)10-13/h11-12,14H,3-10H2,1-2H3. The molecule has 3 nitrogen and oxygen atoms in total. The molecule has 0 aromatic carbocycles. The number of aliphatic hydroxyl groups excluding tert-OH is 1. The maximum absolute atomic E-state index is 9.44. The van der Waals surface area contributed by atoms with E-state index in [1.807, 2.05) is 6.92 Å². The molecule has 0 amide bonds. The molecule has 3 heteroatoms. The summed E-state index contributed by atoms with van der Waals surface area (Å²) in [5, 5.41) is 9.44. The minimum atomic E-state index is -0.104. The molecule has 0 aromatic heterocycles. The van der Waals surface area contributed by atoms with Gasteiger partial charge in [-0.1, -0.05) is 13.8 Å². The van der Waals surface area contributed by atoms with Crippen LogP contribution in [-0.2, 0) is 4.74 Å². The Kier molecular flexibility index (Phi) is 6.22. The average Bonchev–Trinajstić information content (AvgIpc) is 2.29. The summed E-state index contributed by atoms with van der Waals surface area (Å²) in [6, 6.07) is 0. The molecule has 1 saturated heterocycles. The molecule has 90 valence electrons. The van der Waals surface area contributed by atoms with E-state index in [4.69, 9.17) is 4.74 Å². The Labute approximate surface area is 93.4 Å². The van der Waals surface area contributed by atoms with E-state index in [0.29, 0.717) is 6.10 Å². The molecule has 1 heterocycles. The lowest BCUT2D eigenvalue weighted by atomic mass is 10.1. The third kappa shape index (κ3) is 4.96. The zero-order valence-electron chi connectivity index (χ0n) is 10.1. The molecular weight excluding hydrogens is 190 g/mol. The van der Waals surface area contributed by atoms with E-state index in [2.05, 4.69) is 11.8 Å². The van der Waals surface area contributed by atoms with Gasteiger partial charge >= 0.3 is 0 Å². The normalized spacial score (nSPS) is 25.4. The SMILES string of the molecule is CCC(O)CCCN1CCOC(CC)C1. The first-order chi connectivity index (χ1) is 7.26. The van der Waals surface area contributed by atoms with Gasteiger partial charge in [0.15, 0.2) is 0 Å². The van der Waals surface area contributed by atoms with Crippen molar-refractivity contribution in [3.63, 3.8) is 0 Å². The average molecular weight is 215 g/mol.